The Hall–Kier alpha value is -0.711. The Bertz CT molecular complexity index is 585. The maximum atomic E-state index is 12.5. The van der Waals surface area contributed by atoms with Gasteiger partial charge in [0.25, 0.3) is 0 Å². The van der Waals surface area contributed by atoms with Crippen LogP contribution in [0.5, 0.6) is 0 Å². The first-order valence-corrected chi connectivity index (χ1v) is 18.8. The van der Waals surface area contributed by atoms with E-state index in [9.17, 15) is 4.79 Å². The van der Waals surface area contributed by atoms with Crippen molar-refractivity contribution in [2.45, 2.75) is 106 Å². The van der Waals surface area contributed by atoms with Gasteiger partial charge in [-0.2, -0.15) is 0 Å². The topological polar surface area (TPSA) is 38.3 Å². The third kappa shape index (κ3) is 8.34. The van der Waals surface area contributed by atoms with Gasteiger partial charge in [-0.25, -0.2) is 0 Å². The van der Waals surface area contributed by atoms with Crippen molar-refractivity contribution in [1.29, 1.82) is 0 Å². The van der Waals surface area contributed by atoms with Gasteiger partial charge in [0.2, 0.25) is 0 Å². The van der Waals surface area contributed by atoms with Crippen molar-refractivity contribution in [3.8, 4) is 0 Å². The van der Waals surface area contributed by atoms with Crippen LogP contribution in [0.4, 0.5) is 10.5 Å². The third-order valence-corrected chi connectivity index (χ3v) is 21.1. The molecule has 0 bridgehead atoms. The minimum absolute atomic E-state index is 0.334. The first-order valence-electron chi connectivity index (χ1n) is 11.3. The van der Waals surface area contributed by atoms with Gasteiger partial charge in [-0.15, -0.1) is 0 Å². The van der Waals surface area contributed by atoms with Gasteiger partial charge in [0.1, 0.15) is 0 Å². The number of amides is 1. The van der Waals surface area contributed by atoms with Gasteiger partial charge in [0.15, 0.2) is 0 Å². The average molecular weight is 496 g/mol. The minimum atomic E-state index is -2.64. The van der Waals surface area contributed by atoms with E-state index in [0.717, 1.165) is 5.69 Å². The Balaban J connectivity index is 3.35. The fourth-order valence-electron chi connectivity index (χ4n) is 3.94. The second-order valence-corrected chi connectivity index (χ2v) is 22.4. The van der Waals surface area contributed by atoms with E-state index in [4.69, 9.17) is 4.74 Å². The van der Waals surface area contributed by atoms with E-state index in [0.29, 0.717) is 0 Å². The Morgan fingerprint density at radius 1 is 0.964 bits per heavy atom. The molecule has 0 unspecified atom stereocenters. The fraction of sp³-hybridized carbons (Fsp3) is 0.708. The van der Waals surface area contributed by atoms with Gasteiger partial charge in [0, 0.05) is 0 Å². The number of ether oxygens (including phenoxy) is 1. The van der Waals surface area contributed by atoms with E-state index in [1.807, 2.05) is 20.8 Å². The van der Waals surface area contributed by atoms with Crippen LogP contribution in [0.1, 0.15) is 85.6 Å². The number of carbonyl (C=O) groups excluding carboxylic acids is 1. The zero-order valence-electron chi connectivity index (χ0n) is 19.4. The summed E-state index contributed by atoms with van der Waals surface area (Å²) in [5.41, 5.74) is 1.83. The average Bonchev–Trinajstić information content (AvgIpc) is 2.61. The van der Waals surface area contributed by atoms with Crippen molar-refractivity contribution in [3.63, 3.8) is 0 Å². The number of hydrogen-bond donors (Lipinski definition) is 1. The summed E-state index contributed by atoms with van der Waals surface area (Å²) in [6.45, 7) is 14.8. The SMILES string of the molecule is CCC[CH2][Sn]([CH2]CCC)([CH2]CCC)[c]1cc(C)ccc1NC(=O)OC(C)(C)C. The molecule has 1 aromatic rings. The molecule has 1 amide bonds. The molecule has 0 aliphatic rings. The molecule has 0 atom stereocenters. The van der Waals surface area contributed by atoms with Crippen molar-refractivity contribution >= 4 is 33.7 Å². The number of benzene rings is 1. The summed E-state index contributed by atoms with van der Waals surface area (Å²) in [7, 11) is 0. The molecule has 0 radical (unpaired) electrons. The van der Waals surface area contributed by atoms with E-state index < -0.39 is 24.0 Å². The van der Waals surface area contributed by atoms with Crippen LogP contribution in [0, 0.1) is 6.92 Å². The van der Waals surface area contributed by atoms with Gasteiger partial charge in [-0.05, 0) is 0 Å². The van der Waals surface area contributed by atoms with Gasteiger partial charge in [-0.3, -0.25) is 0 Å². The summed E-state index contributed by atoms with van der Waals surface area (Å²) < 4.78 is 11.2. The number of carbonyl (C=O) groups is 1. The second kappa shape index (κ2) is 12.1. The van der Waals surface area contributed by atoms with Crippen LogP contribution in [0.15, 0.2) is 18.2 Å². The third-order valence-electron chi connectivity index (χ3n) is 5.41. The molecule has 0 spiro atoms. The number of rotatable bonds is 11. The summed E-state index contributed by atoms with van der Waals surface area (Å²) in [4.78, 5) is 12.5. The molecule has 28 heavy (non-hydrogen) atoms. The maximum absolute atomic E-state index is 12.5. The number of unbranched alkanes of at least 4 members (excludes halogenated alkanes) is 3. The molecule has 0 heterocycles. The zero-order valence-corrected chi connectivity index (χ0v) is 22.3. The summed E-state index contributed by atoms with van der Waals surface area (Å²) in [6.07, 6.45) is 7.34. The number of nitrogens with one attached hydrogen (secondary N) is 1. The quantitative estimate of drug-likeness (QED) is 0.324. The molecule has 4 heteroatoms. The molecule has 0 aliphatic heterocycles. The molecule has 0 aromatic heterocycles. The molecule has 3 nitrogen and oxygen atoms in total. The van der Waals surface area contributed by atoms with E-state index in [2.05, 4.69) is 51.2 Å². The molecule has 0 fully saturated rings. The van der Waals surface area contributed by atoms with Crippen LogP contribution in [0.3, 0.4) is 0 Å². The van der Waals surface area contributed by atoms with Gasteiger partial charge in [0.05, 0.1) is 0 Å². The van der Waals surface area contributed by atoms with Crippen LogP contribution < -0.4 is 8.90 Å². The fourth-order valence-corrected chi connectivity index (χ4v) is 20.8. The van der Waals surface area contributed by atoms with Crippen LogP contribution in [-0.2, 0) is 4.74 Å². The Morgan fingerprint density at radius 2 is 1.46 bits per heavy atom. The second-order valence-electron chi connectivity index (χ2n) is 9.27. The van der Waals surface area contributed by atoms with Crippen LogP contribution in [0.2, 0.25) is 13.3 Å². The van der Waals surface area contributed by atoms with Crippen LogP contribution in [0.25, 0.3) is 0 Å². The first-order chi connectivity index (χ1) is 13.2. The van der Waals surface area contributed by atoms with E-state index in [-0.39, 0.29) is 6.09 Å². The van der Waals surface area contributed by atoms with E-state index in [1.165, 1.54) is 61.0 Å². The van der Waals surface area contributed by atoms with Gasteiger partial charge in [-0.1, -0.05) is 0 Å². The van der Waals surface area contributed by atoms with Gasteiger partial charge < -0.3 is 0 Å². The van der Waals surface area contributed by atoms with Crippen LogP contribution >= 0.6 is 0 Å². The van der Waals surface area contributed by atoms with E-state index in [1.54, 1.807) is 0 Å². The Kier molecular flexibility index (Phi) is 10.9. The van der Waals surface area contributed by atoms with Crippen molar-refractivity contribution in [2.75, 3.05) is 5.32 Å². The first kappa shape index (κ1) is 25.3. The Labute approximate surface area is 177 Å². The summed E-state index contributed by atoms with van der Waals surface area (Å²) in [5, 5.41) is 3.12. The molecule has 0 saturated carbocycles. The normalized spacial score (nSPS) is 12.1. The summed E-state index contributed by atoms with van der Waals surface area (Å²) >= 11 is -2.64. The monoisotopic (exact) mass is 497 g/mol. The molecule has 1 rings (SSSR count). The molecule has 1 N–H and O–H groups in total. The van der Waals surface area contributed by atoms with Crippen molar-refractivity contribution in [3.05, 3.63) is 23.8 Å². The van der Waals surface area contributed by atoms with E-state index >= 15 is 0 Å². The molecular formula is C24H43NO2Sn. The zero-order chi connectivity index (χ0) is 21.2. The van der Waals surface area contributed by atoms with Crippen molar-refractivity contribution in [2.24, 2.45) is 0 Å². The molecule has 0 saturated heterocycles. The van der Waals surface area contributed by atoms with Crippen LogP contribution in [-0.4, -0.2) is 30.1 Å². The number of hydrogen-bond acceptors (Lipinski definition) is 2. The van der Waals surface area contributed by atoms with Crippen molar-refractivity contribution < 1.29 is 9.53 Å². The molecule has 1 aromatic carbocycles. The summed E-state index contributed by atoms with van der Waals surface area (Å²) in [5.74, 6) is 0. The van der Waals surface area contributed by atoms with Crippen molar-refractivity contribution in [1.82, 2.24) is 0 Å². The molecule has 160 valence electrons. The molecular weight excluding hydrogens is 453 g/mol. The van der Waals surface area contributed by atoms with Gasteiger partial charge >= 0.3 is 178 Å². The predicted molar refractivity (Wildman–Crippen MR) is 126 cm³/mol. The number of anilines is 1. The predicted octanol–water partition coefficient (Wildman–Crippen LogP) is 7.40. The molecule has 0 aliphatic carbocycles. The number of aryl methyl sites for hydroxylation is 1. The Morgan fingerprint density at radius 3 is 1.89 bits per heavy atom. The standard InChI is InChI=1S/C12H16NO2.3C4H9.Sn/c1-9-5-7-10(8-6-9)13-11(14)15-12(2,3)4;3*1-3-4-2;/h5-7H,1-4H3,(H,13,14);3*1,3-4H2,2H3;. The summed E-state index contributed by atoms with van der Waals surface area (Å²) in [6, 6.07) is 6.63.